The van der Waals surface area contributed by atoms with Gasteiger partial charge in [-0.15, -0.1) is 0 Å². The third-order valence-electron chi connectivity index (χ3n) is 5.31. The minimum absolute atomic E-state index is 0.250. The fraction of sp³-hybridized carbons (Fsp3) is 0.938. The van der Waals surface area contributed by atoms with Gasteiger partial charge in [-0.3, -0.25) is 9.69 Å². The Bertz CT molecular complexity index is 336. The summed E-state index contributed by atoms with van der Waals surface area (Å²) >= 11 is 0. The van der Waals surface area contributed by atoms with E-state index in [0.717, 1.165) is 19.5 Å². The monoisotopic (exact) mass is 265 g/mol. The predicted octanol–water partition coefficient (Wildman–Crippen LogP) is 2.92. The van der Waals surface area contributed by atoms with E-state index in [9.17, 15) is 4.79 Å². The number of rotatable bonds is 4. The Morgan fingerprint density at radius 3 is 2.74 bits per heavy atom. The van der Waals surface area contributed by atoms with E-state index in [2.05, 4.69) is 4.90 Å². The largest absolute Gasteiger partial charge is 0.370 e. The highest BCUT2D eigenvalue weighted by Crippen LogP contribution is 2.43. The van der Waals surface area contributed by atoms with Crippen molar-refractivity contribution in [3.8, 4) is 0 Å². The fourth-order valence-corrected chi connectivity index (χ4v) is 4.37. The molecule has 0 amide bonds. The maximum absolute atomic E-state index is 11.3. The molecule has 3 heteroatoms. The number of likely N-dealkylation sites (tertiary alicyclic amines) is 1. The predicted molar refractivity (Wildman–Crippen MR) is 75.2 cm³/mol. The molecule has 1 saturated carbocycles. The van der Waals surface area contributed by atoms with Crippen LogP contribution in [0.2, 0.25) is 0 Å². The first-order chi connectivity index (χ1) is 9.17. The molecule has 2 unspecified atom stereocenters. The van der Waals surface area contributed by atoms with E-state index >= 15 is 0 Å². The average molecular weight is 265 g/mol. The van der Waals surface area contributed by atoms with Crippen LogP contribution in [0.25, 0.3) is 0 Å². The lowest BCUT2D eigenvalue weighted by atomic mass is 9.98. The highest BCUT2D eigenvalue weighted by molar-refractivity contribution is 5.76. The van der Waals surface area contributed by atoms with E-state index in [1.807, 2.05) is 0 Å². The third-order valence-corrected chi connectivity index (χ3v) is 5.31. The van der Waals surface area contributed by atoms with Gasteiger partial charge in [-0.25, -0.2) is 0 Å². The Hall–Kier alpha value is -0.410. The fourth-order valence-electron chi connectivity index (χ4n) is 4.37. The van der Waals surface area contributed by atoms with Crippen LogP contribution < -0.4 is 0 Å². The number of hydrogen-bond donors (Lipinski definition) is 0. The molecular formula is C16H27NO2. The molecule has 0 radical (unpaired) electrons. The minimum Gasteiger partial charge on any atom is -0.370 e. The summed E-state index contributed by atoms with van der Waals surface area (Å²) in [7, 11) is 0. The molecule has 0 bridgehead atoms. The molecule has 2 saturated heterocycles. The van der Waals surface area contributed by atoms with E-state index < -0.39 is 0 Å². The lowest BCUT2D eigenvalue weighted by molar-refractivity contribution is -0.118. The third kappa shape index (κ3) is 3.03. The van der Waals surface area contributed by atoms with Crippen molar-refractivity contribution >= 4 is 5.78 Å². The summed E-state index contributed by atoms with van der Waals surface area (Å²) < 4.78 is 6.40. The average Bonchev–Trinajstić information content (AvgIpc) is 3.06. The topological polar surface area (TPSA) is 29.5 Å². The molecular weight excluding hydrogens is 238 g/mol. The molecule has 1 spiro atoms. The van der Waals surface area contributed by atoms with Crippen LogP contribution in [0, 0.1) is 0 Å². The van der Waals surface area contributed by atoms with Crippen LogP contribution >= 0.6 is 0 Å². The molecule has 0 N–H and O–H groups in total. The van der Waals surface area contributed by atoms with Crippen molar-refractivity contribution in [2.24, 2.45) is 0 Å². The van der Waals surface area contributed by atoms with Gasteiger partial charge in [0.25, 0.3) is 0 Å². The van der Waals surface area contributed by atoms with Crippen molar-refractivity contribution in [2.75, 3.05) is 13.1 Å². The second kappa shape index (κ2) is 5.53. The van der Waals surface area contributed by atoms with Gasteiger partial charge in [-0.1, -0.05) is 12.8 Å². The van der Waals surface area contributed by atoms with Gasteiger partial charge in [-0.05, 0) is 52.0 Å². The Kier molecular flexibility index (Phi) is 3.95. The second-order valence-electron chi connectivity index (χ2n) is 6.87. The quantitative estimate of drug-likeness (QED) is 0.782. The summed E-state index contributed by atoms with van der Waals surface area (Å²) in [5, 5.41) is 0. The van der Waals surface area contributed by atoms with Crippen molar-refractivity contribution in [1.29, 1.82) is 0 Å². The number of carbonyl (C=O) groups is 1. The lowest BCUT2D eigenvalue weighted by Crippen LogP contribution is -2.38. The van der Waals surface area contributed by atoms with Gasteiger partial charge in [0, 0.05) is 19.0 Å². The van der Waals surface area contributed by atoms with Crippen LogP contribution in [-0.2, 0) is 9.53 Å². The van der Waals surface area contributed by atoms with Crippen LogP contribution in [0.1, 0.15) is 64.7 Å². The summed E-state index contributed by atoms with van der Waals surface area (Å²) in [6.45, 7) is 3.93. The zero-order chi connectivity index (χ0) is 13.3. The van der Waals surface area contributed by atoms with Gasteiger partial charge in [-0.2, -0.15) is 0 Å². The second-order valence-corrected chi connectivity index (χ2v) is 6.87. The number of nitrogens with zero attached hydrogens (tertiary/aromatic N) is 1. The van der Waals surface area contributed by atoms with Gasteiger partial charge in [0.2, 0.25) is 0 Å². The highest BCUT2D eigenvalue weighted by atomic mass is 16.5. The van der Waals surface area contributed by atoms with E-state index in [-0.39, 0.29) is 5.60 Å². The van der Waals surface area contributed by atoms with Crippen LogP contribution in [0.3, 0.4) is 0 Å². The number of hydrogen-bond acceptors (Lipinski definition) is 3. The van der Waals surface area contributed by atoms with Gasteiger partial charge >= 0.3 is 0 Å². The zero-order valence-electron chi connectivity index (χ0n) is 12.2. The number of Topliss-reactive ketones (excluding diaryl/α,β-unsaturated/α-hetero) is 1. The molecule has 0 aromatic carbocycles. The molecule has 19 heavy (non-hydrogen) atoms. The van der Waals surface area contributed by atoms with E-state index in [1.165, 1.54) is 51.4 Å². The summed E-state index contributed by atoms with van der Waals surface area (Å²) in [5.41, 5.74) is 0.250. The van der Waals surface area contributed by atoms with Gasteiger partial charge < -0.3 is 4.74 Å². The molecule has 2 aliphatic heterocycles. The van der Waals surface area contributed by atoms with Crippen molar-refractivity contribution in [3.63, 3.8) is 0 Å². The van der Waals surface area contributed by atoms with Crippen LogP contribution in [-0.4, -0.2) is 41.5 Å². The molecule has 2 heterocycles. The Morgan fingerprint density at radius 1 is 1.21 bits per heavy atom. The molecule has 3 fully saturated rings. The van der Waals surface area contributed by atoms with Gasteiger partial charge in [0.1, 0.15) is 5.78 Å². The van der Waals surface area contributed by atoms with Crippen molar-refractivity contribution in [2.45, 2.75) is 82.5 Å². The van der Waals surface area contributed by atoms with Crippen LogP contribution in [0.4, 0.5) is 0 Å². The Morgan fingerprint density at radius 2 is 2.00 bits per heavy atom. The zero-order valence-corrected chi connectivity index (χ0v) is 12.2. The molecule has 108 valence electrons. The first kappa shape index (κ1) is 13.6. The number of ketones is 1. The van der Waals surface area contributed by atoms with E-state index in [4.69, 9.17) is 4.74 Å². The lowest BCUT2D eigenvalue weighted by Gasteiger charge is -2.29. The smallest absolute Gasteiger partial charge is 0.131 e. The minimum atomic E-state index is 0.250. The van der Waals surface area contributed by atoms with Crippen molar-refractivity contribution in [1.82, 2.24) is 4.90 Å². The normalized spacial score (nSPS) is 34.4. The van der Waals surface area contributed by atoms with Gasteiger partial charge in [0.15, 0.2) is 0 Å². The first-order valence-corrected chi connectivity index (χ1v) is 8.08. The van der Waals surface area contributed by atoms with Crippen LogP contribution in [0.15, 0.2) is 0 Å². The Balaban J connectivity index is 1.52. The van der Waals surface area contributed by atoms with Crippen LogP contribution in [0.5, 0.6) is 0 Å². The number of carbonyl (C=O) groups excluding carboxylic acids is 1. The van der Waals surface area contributed by atoms with Crippen molar-refractivity contribution < 1.29 is 9.53 Å². The highest BCUT2D eigenvalue weighted by Gasteiger charge is 2.43. The maximum Gasteiger partial charge on any atom is 0.131 e. The summed E-state index contributed by atoms with van der Waals surface area (Å²) in [6.07, 6.45) is 11.3. The molecule has 1 aliphatic carbocycles. The van der Waals surface area contributed by atoms with E-state index in [1.54, 1.807) is 6.92 Å². The maximum atomic E-state index is 11.3. The van der Waals surface area contributed by atoms with Gasteiger partial charge in [0.05, 0.1) is 11.7 Å². The molecule has 3 rings (SSSR count). The SMILES string of the molecule is CC(=O)CC1CCCN1CC1CCC2(CCCC2)O1. The number of ether oxygens (including phenoxy) is 1. The molecule has 3 nitrogen and oxygen atoms in total. The molecule has 3 aliphatic rings. The van der Waals surface area contributed by atoms with Crippen molar-refractivity contribution in [3.05, 3.63) is 0 Å². The summed E-state index contributed by atoms with van der Waals surface area (Å²) in [5.74, 6) is 0.330. The molecule has 0 aromatic rings. The standard InChI is InChI=1S/C16H27NO2/c1-13(18)11-14-5-4-10-17(14)12-15-6-9-16(19-15)7-2-3-8-16/h14-15H,2-12H2,1H3. The van der Waals surface area contributed by atoms with E-state index in [0.29, 0.717) is 17.9 Å². The first-order valence-electron chi connectivity index (χ1n) is 8.08. The summed E-state index contributed by atoms with van der Waals surface area (Å²) in [6, 6.07) is 0.487. The summed E-state index contributed by atoms with van der Waals surface area (Å²) in [4.78, 5) is 13.8. The Labute approximate surface area is 116 Å². The molecule has 0 aromatic heterocycles. The molecule has 2 atom stereocenters.